The number of hydrogen-bond donors (Lipinski definition) is 2. The number of aliphatic hydroxyl groups excluding tert-OH is 1. The number of likely N-dealkylation sites (tertiary alicyclic amines) is 1. The van der Waals surface area contributed by atoms with Crippen LogP contribution in [0.15, 0.2) is 11.6 Å². The van der Waals surface area contributed by atoms with Crippen LogP contribution < -0.4 is 4.74 Å². The van der Waals surface area contributed by atoms with E-state index < -0.39 is 12.1 Å². The smallest absolute Gasteiger partial charge is 0.342 e. The highest BCUT2D eigenvalue weighted by Crippen LogP contribution is 2.42. The van der Waals surface area contributed by atoms with Gasteiger partial charge in [0.2, 0.25) is 5.91 Å². The lowest BCUT2D eigenvalue weighted by molar-refractivity contribution is -0.141. The number of hydrogen-bond acceptors (Lipinski definition) is 6. The number of ether oxygens (including phenoxy) is 2. The summed E-state index contributed by atoms with van der Waals surface area (Å²) in [4.78, 5) is 25.6. The van der Waals surface area contributed by atoms with Gasteiger partial charge in [0.1, 0.15) is 23.7 Å². The number of nitrogens with zero attached hydrogens (tertiary/aromatic N) is 1. The molecule has 3 rings (SSSR count). The van der Waals surface area contributed by atoms with E-state index in [-0.39, 0.29) is 23.8 Å². The van der Waals surface area contributed by atoms with Crippen molar-refractivity contribution >= 4 is 11.9 Å². The third-order valence-corrected chi connectivity index (χ3v) is 5.25. The Morgan fingerprint density at radius 2 is 2.07 bits per heavy atom. The Morgan fingerprint density at radius 3 is 2.70 bits per heavy atom. The summed E-state index contributed by atoms with van der Waals surface area (Å²) in [6.07, 6.45) is 2.91. The minimum atomic E-state index is -0.516. The normalized spacial score (nSPS) is 16.8. The number of aromatic hydroxyl groups is 1. The van der Waals surface area contributed by atoms with Crippen molar-refractivity contribution in [1.29, 1.82) is 0 Å². The van der Waals surface area contributed by atoms with E-state index in [1.165, 1.54) is 7.11 Å². The summed E-state index contributed by atoms with van der Waals surface area (Å²) in [7, 11) is 1.53. The maximum absolute atomic E-state index is 12.0. The number of phenolic OH excluding ortho intramolecular Hbond substituents is 1. The Hall–Kier alpha value is -2.54. The van der Waals surface area contributed by atoms with Crippen molar-refractivity contribution in [2.75, 3.05) is 20.2 Å². The second kappa shape index (κ2) is 7.60. The first kappa shape index (κ1) is 19.2. The average molecular weight is 375 g/mol. The van der Waals surface area contributed by atoms with Crippen LogP contribution in [-0.2, 0) is 22.6 Å². The van der Waals surface area contributed by atoms with Gasteiger partial charge in [0.05, 0.1) is 13.2 Å². The topological polar surface area (TPSA) is 96.3 Å². The summed E-state index contributed by atoms with van der Waals surface area (Å²) >= 11 is 0. The van der Waals surface area contributed by atoms with Gasteiger partial charge in [0, 0.05) is 30.6 Å². The summed E-state index contributed by atoms with van der Waals surface area (Å²) in [5.74, 6) is -0.0222. The van der Waals surface area contributed by atoms with Gasteiger partial charge in [-0.3, -0.25) is 4.79 Å². The summed E-state index contributed by atoms with van der Waals surface area (Å²) in [6, 6.07) is 0. The number of carbonyl (C=O) groups excluding carboxylic acids is 2. The minimum absolute atomic E-state index is 0.0320. The van der Waals surface area contributed by atoms with Crippen LogP contribution in [0, 0.1) is 6.92 Å². The Bertz CT molecular complexity index is 807. The third-order valence-electron chi connectivity index (χ3n) is 5.25. The molecule has 7 nitrogen and oxygen atoms in total. The maximum Gasteiger partial charge on any atom is 0.342 e. The number of amides is 1. The predicted molar refractivity (Wildman–Crippen MR) is 97.8 cm³/mol. The fourth-order valence-corrected chi connectivity index (χ4v) is 3.53. The van der Waals surface area contributed by atoms with Crippen LogP contribution in [0.1, 0.15) is 46.8 Å². The number of allylic oxidation sites excluding steroid dienone is 2. The second-order valence-electron chi connectivity index (χ2n) is 7.12. The summed E-state index contributed by atoms with van der Waals surface area (Å²) in [6.45, 7) is 4.75. The fourth-order valence-electron chi connectivity index (χ4n) is 3.53. The molecule has 2 aliphatic rings. The van der Waals surface area contributed by atoms with Gasteiger partial charge in [-0.05, 0) is 32.3 Å². The molecule has 2 N–H and O–H groups in total. The number of carbonyl (C=O) groups is 2. The van der Waals surface area contributed by atoms with Crippen molar-refractivity contribution in [2.45, 2.75) is 45.8 Å². The molecule has 0 radical (unpaired) electrons. The van der Waals surface area contributed by atoms with E-state index in [9.17, 15) is 19.8 Å². The zero-order valence-electron chi connectivity index (χ0n) is 15.9. The quantitative estimate of drug-likeness (QED) is 0.582. The largest absolute Gasteiger partial charge is 0.507 e. The lowest BCUT2D eigenvalue weighted by Crippen LogP contribution is -2.53. The van der Waals surface area contributed by atoms with Gasteiger partial charge >= 0.3 is 5.97 Å². The molecule has 0 unspecified atom stereocenters. The number of fused-ring (bicyclic) bond motifs is 1. The maximum atomic E-state index is 12.0. The molecule has 146 valence electrons. The minimum Gasteiger partial charge on any atom is -0.507 e. The van der Waals surface area contributed by atoms with Gasteiger partial charge in [0.25, 0.3) is 0 Å². The van der Waals surface area contributed by atoms with Crippen molar-refractivity contribution in [3.05, 3.63) is 33.9 Å². The molecule has 2 aliphatic heterocycles. The van der Waals surface area contributed by atoms with E-state index in [1.807, 2.05) is 19.9 Å². The predicted octanol–water partition coefficient (Wildman–Crippen LogP) is 1.85. The Labute approximate surface area is 158 Å². The molecular weight excluding hydrogens is 350 g/mol. The van der Waals surface area contributed by atoms with Crippen LogP contribution in [-0.4, -0.2) is 53.3 Å². The molecule has 27 heavy (non-hydrogen) atoms. The molecule has 0 spiro atoms. The van der Waals surface area contributed by atoms with Crippen molar-refractivity contribution < 1.29 is 29.3 Å². The molecule has 1 amide bonds. The average Bonchev–Trinajstić information content (AvgIpc) is 3.00. The first-order valence-corrected chi connectivity index (χ1v) is 9.03. The van der Waals surface area contributed by atoms with Crippen LogP contribution >= 0.6 is 0 Å². The van der Waals surface area contributed by atoms with Crippen molar-refractivity contribution in [3.8, 4) is 11.5 Å². The number of rotatable bonds is 6. The Balaban J connectivity index is 1.72. The molecule has 0 saturated carbocycles. The van der Waals surface area contributed by atoms with Gasteiger partial charge in [-0.2, -0.15) is 0 Å². The number of esters is 1. The number of phenols is 1. The molecule has 1 aromatic rings. The number of methoxy groups -OCH3 is 1. The van der Waals surface area contributed by atoms with Gasteiger partial charge in [0.15, 0.2) is 0 Å². The number of aliphatic hydroxyl groups is 1. The SMILES string of the molecule is COc1c(C)c2c(c(O)c1CC=C(C)CCC(=O)N1CC(O)C1)C(=O)OC2. The number of β-amino-alcohol motifs (C(OH)–C–C–N with tert-alkyl or cyclic N) is 1. The van der Waals surface area contributed by atoms with Gasteiger partial charge in [-0.1, -0.05) is 11.6 Å². The van der Waals surface area contributed by atoms with Gasteiger partial charge in [-0.25, -0.2) is 4.79 Å². The fraction of sp³-hybridized carbons (Fsp3) is 0.500. The van der Waals surface area contributed by atoms with Gasteiger partial charge in [-0.15, -0.1) is 0 Å². The zero-order chi connectivity index (χ0) is 19.7. The molecule has 1 saturated heterocycles. The highest BCUT2D eigenvalue weighted by Gasteiger charge is 2.32. The Morgan fingerprint density at radius 1 is 1.37 bits per heavy atom. The van der Waals surface area contributed by atoms with Crippen LogP contribution in [0.5, 0.6) is 11.5 Å². The van der Waals surface area contributed by atoms with E-state index >= 15 is 0 Å². The molecule has 1 aromatic carbocycles. The second-order valence-corrected chi connectivity index (χ2v) is 7.12. The summed E-state index contributed by atoms with van der Waals surface area (Å²) < 4.78 is 10.5. The van der Waals surface area contributed by atoms with Crippen molar-refractivity contribution in [2.24, 2.45) is 0 Å². The van der Waals surface area contributed by atoms with Crippen LogP contribution in [0.4, 0.5) is 0 Å². The third kappa shape index (κ3) is 3.64. The van der Waals surface area contributed by atoms with E-state index in [1.54, 1.807) is 4.90 Å². The molecular formula is C20H25NO6. The molecule has 1 fully saturated rings. The molecule has 0 bridgehead atoms. The lowest BCUT2D eigenvalue weighted by atomic mass is 9.94. The first-order valence-electron chi connectivity index (χ1n) is 9.03. The summed E-state index contributed by atoms with van der Waals surface area (Å²) in [5, 5.41) is 19.9. The van der Waals surface area contributed by atoms with Gasteiger partial charge < -0.3 is 24.6 Å². The molecule has 0 atom stereocenters. The molecule has 0 aliphatic carbocycles. The molecule has 0 aromatic heterocycles. The van der Waals surface area contributed by atoms with E-state index in [0.717, 1.165) is 11.1 Å². The first-order chi connectivity index (χ1) is 12.8. The van der Waals surface area contributed by atoms with Crippen molar-refractivity contribution in [1.82, 2.24) is 4.90 Å². The van der Waals surface area contributed by atoms with E-state index in [4.69, 9.17) is 9.47 Å². The van der Waals surface area contributed by atoms with E-state index in [2.05, 4.69) is 0 Å². The standard InChI is InChI=1S/C20H25NO6/c1-11(5-7-16(23)21-8-13(22)9-21)4-6-14-18(24)17-15(10-27-20(17)25)12(2)19(14)26-3/h4,13,22,24H,5-10H2,1-3H3. The molecule has 2 heterocycles. The lowest BCUT2D eigenvalue weighted by Gasteiger charge is -2.35. The van der Waals surface area contributed by atoms with Crippen LogP contribution in [0.3, 0.4) is 0 Å². The van der Waals surface area contributed by atoms with Crippen LogP contribution in [0.2, 0.25) is 0 Å². The number of cyclic esters (lactones) is 1. The summed E-state index contributed by atoms with van der Waals surface area (Å²) in [5.41, 5.74) is 3.24. The Kier molecular flexibility index (Phi) is 5.41. The zero-order valence-corrected chi connectivity index (χ0v) is 15.9. The highest BCUT2D eigenvalue weighted by molar-refractivity contribution is 5.98. The van der Waals surface area contributed by atoms with Crippen LogP contribution in [0.25, 0.3) is 0 Å². The van der Waals surface area contributed by atoms with Crippen molar-refractivity contribution in [3.63, 3.8) is 0 Å². The highest BCUT2D eigenvalue weighted by atomic mass is 16.5. The monoisotopic (exact) mass is 375 g/mol. The van der Waals surface area contributed by atoms with E-state index in [0.29, 0.717) is 49.2 Å². The number of benzene rings is 1. The molecule has 7 heteroatoms.